The van der Waals surface area contributed by atoms with Crippen LogP contribution in [0.5, 0.6) is 0 Å². The van der Waals surface area contributed by atoms with E-state index in [2.05, 4.69) is 12.2 Å². The van der Waals surface area contributed by atoms with Crippen LogP contribution in [0.1, 0.15) is 86.5 Å². The molecule has 0 N–H and O–H groups in total. The van der Waals surface area contributed by atoms with Crippen LogP contribution in [-0.2, 0) is 17.6 Å². The van der Waals surface area contributed by atoms with E-state index in [9.17, 15) is 8.78 Å². The number of fused-ring (bicyclic) bond motifs is 3. The van der Waals surface area contributed by atoms with Gasteiger partial charge >= 0.3 is 0 Å². The summed E-state index contributed by atoms with van der Waals surface area (Å²) in [6.45, 7) is 2.22. The highest BCUT2D eigenvalue weighted by Crippen LogP contribution is 2.45. The first-order valence-corrected chi connectivity index (χ1v) is 12.8. The molecule has 1 heterocycles. The SMILES string of the molecule is CCCc1cc2c(c(F)c1F)-c1c(cc(C3CCC(/C=C/C4CCCCC4)OC3)c(F)c1F)C2. The van der Waals surface area contributed by atoms with Crippen molar-refractivity contribution >= 4 is 0 Å². The zero-order valence-corrected chi connectivity index (χ0v) is 19.7. The fraction of sp³-hybridized carbons (Fsp3) is 0.517. The molecule has 0 amide bonds. The van der Waals surface area contributed by atoms with Crippen molar-refractivity contribution in [3.63, 3.8) is 0 Å². The molecule has 3 aliphatic rings. The van der Waals surface area contributed by atoms with Crippen molar-refractivity contribution < 1.29 is 22.3 Å². The molecule has 5 rings (SSSR count). The smallest absolute Gasteiger partial charge is 0.167 e. The van der Waals surface area contributed by atoms with E-state index < -0.39 is 23.3 Å². The molecule has 1 aliphatic heterocycles. The van der Waals surface area contributed by atoms with Gasteiger partial charge in [-0.3, -0.25) is 0 Å². The average Bonchev–Trinajstić information content (AvgIpc) is 3.23. The van der Waals surface area contributed by atoms with Crippen molar-refractivity contribution in [1.82, 2.24) is 0 Å². The average molecular weight is 473 g/mol. The van der Waals surface area contributed by atoms with Crippen molar-refractivity contribution in [2.24, 2.45) is 5.92 Å². The molecule has 1 saturated heterocycles. The molecule has 2 aliphatic carbocycles. The van der Waals surface area contributed by atoms with Gasteiger partial charge in [0.25, 0.3) is 0 Å². The predicted molar refractivity (Wildman–Crippen MR) is 126 cm³/mol. The second-order valence-corrected chi connectivity index (χ2v) is 10.2. The maximum atomic E-state index is 15.2. The van der Waals surface area contributed by atoms with E-state index in [1.807, 2.05) is 6.92 Å². The van der Waals surface area contributed by atoms with E-state index in [4.69, 9.17) is 4.74 Å². The van der Waals surface area contributed by atoms with Crippen molar-refractivity contribution in [1.29, 1.82) is 0 Å². The predicted octanol–water partition coefficient (Wildman–Crippen LogP) is 8.17. The minimum atomic E-state index is -1.08. The number of aryl methyl sites for hydroxylation is 1. The summed E-state index contributed by atoms with van der Waals surface area (Å²) in [6, 6.07) is 3.26. The Kier molecular flexibility index (Phi) is 6.83. The normalized spacial score (nSPS) is 22.9. The molecule has 2 aromatic rings. The Morgan fingerprint density at radius 3 is 2.21 bits per heavy atom. The molecule has 1 saturated carbocycles. The third-order valence-corrected chi connectivity index (χ3v) is 7.83. The number of rotatable bonds is 5. The Bertz CT molecular complexity index is 1090. The number of hydrogen-bond donors (Lipinski definition) is 0. The largest absolute Gasteiger partial charge is 0.374 e. The van der Waals surface area contributed by atoms with Crippen LogP contribution in [0.2, 0.25) is 0 Å². The number of benzene rings is 2. The minimum absolute atomic E-state index is 0.0128. The Morgan fingerprint density at radius 1 is 0.824 bits per heavy atom. The Hall–Kier alpha value is -2.14. The Morgan fingerprint density at radius 2 is 1.53 bits per heavy atom. The molecule has 2 unspecified atom stereocenters. The molecule has 2 atom stereocenters. The third-order valence-electron chi connectivity index (χ3n) is 7.83. The summed E-state index contributed by atoms with van der Waals surface area (Å²) in [7, 11) is 0. The first-order valence-electron chi connectivity index (χ1n) is 12.8. The number of hydrogen-bond acceptors (Lipinski definition) is 1. The summed E-state index contributed by atoms with van der Waals surface area (Å²) in [5, 5.41) is 0. The summed E-state index contributed by atoms with van der Waals surface area (Å²) in [5.41, 5.74) is 1.38. The highest BCUT2D eigenvalue weighted by molar-refractivity contribution is 5.79. The zero-order chi connectivity index (χ0) is 23.8. The lowest BCUT2D eigenvalue weighted by molar-refractivity contribution is 0.0314. The number of halogens is 4. The van der Waals surface area contributed by atoms with Crippen molar-refractivity contribution in [2.45, 2.75) is 83.2 Å². The van der Waals surface area contributed by atoms with Crippen molar-refractivity contribution in [2.75, 3.05) is 6.61 Å². The van der Waals surface area contributed by atoms with Crippen LogP contribution in [0.15, 0.2) is 24.3 Å². The third kappa shape index (κ3) is 4.32. The van der Waals surface area contributed by atoms with E-state index >= 15 is 8.78 Å². The van der Waals surface area contributed by atoms with Gasteiger partial charge in [0.2, 0.25) is 0 Å². The van der Waals surface area contributed by atoms with Crippen molar-refractivity contribution in [3.05, 3.63) is 69.8 Å². The lowest BCUT2D eigenvalue weighted by Crippen LogP contribution is -2.24. The van der Waals surface area contributed by atoms with Gasteiger partial charge in [-0.25, -0.2) is 17.6 Å². The molecule has 0 spiro atoms. The first kappa shape index (κ1) is 23.6. The van der Waals surface area contributed by atoms with Gasteiger partial charge in [-0.05, 0) is 66.7 Å². The van der Waals surface area contributed by atoms with Crippen LogP contribution < -0.4 is 0 Å². The van der Waals surface area contributed by atoms with Crippen LogP contribution in [-0.4, -0.2) is 12.7 Å². The van der Waals surface area contributed by atoms with Gasteiger partial charge in [-0.2, -0.15) is 0 Å². The quantitative estimate of drug-likeness (QED) is 0.269. The van der Waals surface area contributed by atoms with Gasteiger partial charge in [-0.1, -0.05) is 56.9 Å². The monoisotopic (exact) mass is 472 g/mol. The summed E-state index contributed by atoms with van der Waals surface area (Å²) in [4.78, 5) is 0. The van der Waals surface area contributed by atoms with E-state index in [1.165, 1.54) is 32.1 Å². The lowest BCUT2D eigenvalue weighted by atomic mass is 9.87. The molecular weight excluding hydrogens is 440 g/mol. The van der Waals surface area contributed by atoms with Gasteiger partial charge in [0.05, 0.1) is 12.7 Å². The molecule has 0 aromatic heterocycles. The number of ether oxygens (including phenoxy) is 1. The zero-order valence-electron chi connectivity index (χ0n) is 19.7. The summed E-state index contributed by atoms with van der Waals surface area (Å²) in [5.74, 6) is -3.69. The fourth-order valence-electron chi connectivity index (χ4n) is 5.99. The molecule has 2 fully saturated rings. The second-order valence-electron chi connectivity index (χ2n) is 10.2. The van der Waals surface area contributed by atoms with E-state index in [0.29, 0.717) is 48.5 Å². The fourth-order valence-corrected chi connectivity index (χ4v) is 5.99. The van der Waals surface area contributed by atoms with Gasteiger partial charge in [0.1, 0.15) is 0 Å². The molecule has 182 valence electrons. The second kappa shape index (κ2) is 9.85. The van der Waals surface area contributed by atoms with Crippen molar-refractivity contribution in [3.8, 4) is 11.1 Å². The number of allylic oxidation sites excluding steroid dienone is 1. The first-order chi connectivity index (χ1) is 16.5. The van der Waals surface area contributed by atoms with Crippen LogP contribution >= 0.6 is 0 Å². The Balaban J connectivity index is 1.35. The van der Waals surface area contributed by atoms with Gasteiger partial charge < -0.3 is 4.74 Å². The molecule has 5 heteroatoms. The highest BCUT2D eigenvalue weighted by atomic mass is 19.2. The van der Waals surface area contributed by atoms with Crippen LogP contribution in [0.4, 0.5) is 17.6 Å². The summed E-state index contributed by atoms with van der Waals surface area (Å²) in [6.07, 6.45) is 13.6. The molecule has 0 bridgehead atoms. The molecule has 0 radical (unpaired) electrons. The van der Waals surface area contributed by atoms with E-state index in [-0.39, 0.29) is 35.1 Å². The standard InChI is InChI=1S/C29H32F4O/c1-2-6-18-13-20-14-21-15-23(27(31)29(33)25(21)24(20)28(32)26(18)30)19-10-12-22(34-16-19)11-9-17-7-4-3-5-8-17/h9,11,13,15,17,19,22H,2-8,10,12,14,16H2,1H3/b11-9+. The topological polar surface area (TPSA) is 9.23 Å². The van der Waals surface area contributed by atoms with Gasteiger partial charge in [-0.15, -0.1) is 0 Å². The Labute approximate surface area is 199 Å². The highest BCUT2D eigenvalue weighted by Gasteiger charge is 2.34. The van der Waals surface area contributed by atoms with Crippen LogP contribution in [0.25, 0.3) is 11.1 Å². The van der Waals surface area contributed by atoms with Crippen LogP contribution in [0, 0.1) is 29.2 Å². The lowest BCUT2D eigenvalue weighted by Gasteiger charge is -2.29. The summed E-state index contributed by atoms with van der Waals surface area (Å²) < 4.78 is 65.9. The van der Waals surface area contributed by atoms with E-state index in [1.54, 1.807) is 12.1 Å². The molecular formula is C29H32F4O. The van der Waals surface area contributed by atoms with Gasteiger partial charge in [0.15, 0.2) is 23.3 Å². The maximum absolute atomic E-state index is 15.2. The van der Waals surface area contributed by atoms with E-state index in [0.717, 1.165) is 6.42 Å². The maximum Gasteiger partial charge on any atom is 0.167 e. The van der Waals surface area contributed by atoms with Gasteiger partial charge in [0, 0.05) is 17.0 Å². The summed E-state index contributed by atoms with van der Waals surface area (Å²) >= 11 is 0. The molecule has 2 aromatic carbocycles. The molecule has 34 heavy (non-hydrogen) atoms. The van der Waals surface area contributed by atoms with Crippen LogP contribution in [0.3, 0.4) is 0 Å². The molecule has 1 nitrogen and oxygen atoms in total. The minimum Gasteiger partial charge on any atom is -0.374 e.